The lowest BCUT2D eigenvalue weighted by atomic mass is 10.2. The van der Waals surface area contributed by atoms with Crippen molar-refractivity contribution >= 4 is 61.9 Å². The van der Waals surface area contributed by atoms with E-state index in [-0.39, 0.29) is 0 Å². The summed E-state index contributed by atoms with van der Waals surface area (Å²) in [5.74, 6) is 0. The Labute approximate surface area is 174 Å². The van der Waals surface area contributed by atoms with E-state index in [4.69, 9.17) is 35.4 Å². The summed E-state index contributed by atoms with van der Waals surface area (Å²) in [6.45, 7) is 1.17. The predicted octanol–water partition coefficient (Wildman–Crippen LogP) is 4.98. The number of rotatable bonds is 4. The first-order valence-corrected chi connectivity index (χ1v) is 11.1. The fourth-order valence-corrected chi connectivity index (χ4v) is 4.88. The highest BCUT2D eigenvalue weighted by Gasteiger charge is 2.25. The first-order valence-electron chi connectivity index (χ1n) is 8.49. The third kappa shape index (κ3) is 5.12. The lowest BCUT2D eigenvalue weighted by Crippen LogP contribution is -2.35. The summed E-state index contributed by atoms with van der Waals surface area (Å²) >= 11 is 17.2. The Kier molecular flexibility index (Phi) is 6.60. The van der Waals surface area contributed by atoms with Crippen LogP contribution in [0.15, 0.2) is 47.4 Å². The minimum absolute atomic E-state index is 0.290. The number of nitrogens with one attached hydrogen (secondary N) is 2. The molecule has 1 heterocycles. The zero-order chi connectivity index (χ0) is 19.4. The van der Waals surface area contributed by atoms with Crippen LogP contribution in [-0.2, 0) is 10.0 Å². The van der Waals surface area contributed by atoms with Crippen LogP contribution in [0.4, 0.5) is 11.4 Å². The van der Waals surface area contributed by atoms with Crippen molar-refractivity contribution in [1.82, 2.24) is 4.31 Å². The lowest BCUT2D eigenvalue weighted by molar-refractivity contribution is 0.346. The molecule has 1 fully saturated rings. The molecule has 0 bridgehead atoms. The number of hydrogen-bond acceptors (Lipinski definition) is 3. The van der Waals surface area contributed by atoms with Crippen LogP contribution >= 0.6 is 35.4 Å². The molecule has 1 saturated heterocycles. The van der Waals surface area contributed by atoms with Gasteiger partial charge in [-0.15, -0.1) is 0 Å². The van der Waals surface area contributed by atoms with Crippen molar-refractivity contribution in [3.8, 4) is 0 Å². The highest BCUT2D eigenvalue weighted by molar-refractivity contribution is 7.89. The van der Waals surface area contributed by atoms with Crippen LogP contribution in [0.1, 0.15) is 19.3 Å². The van der Waals surface area contributed by atoms with E-state index in [1.54, 1.807) is 46.8 Å². The number of sulfonamides is 1. The zero-order valence-electron chi connectivity index (χ0n) is 14.4. The second-order valence-electron chi connectivity index (χ2n) is 6.20. The van der Waals surface area contributed by atoms with Crippen LogP contribution in [0, 0.1) is 0 Å². The van der Waals surface area contributed by atoms with Gasteiger partial charge in [-0.1, -0.05) is 29.6 Å². The molecule has 0 unspecified atom stereocenters. The van der Waals surface area contributed by atoms with Crippen molar-refractivity contribution < 1.29 is 8.42 Å². The average molecular weight is 444 g/mol. The summed E-state index contributed by atoms with van der Waals surface area (Å²) in [4.78, 5) is 0.290. The number of hydrogen-bond donors (Lipinski definition) is 2. The lowest BCUT2D eigenvalue weighted by Gasteiger charge is -2.25. The maximum absolute atomic E-state index is 12.7. The largest absolute Gasteiger partial charge is 0.332 e. The molecule has 0 atom stereocenters. The topological polar surface area (TPSA) is 61.4 Å². The third-order valence-electron chi connectivity index (χ3n) is 4.24. The maximum atomic E-state index is 12.7. The maximum Gasteiger partial charge on any atom is 0.243 e. The monoisotopic (exact) mass is 443 g/mol. The SMILES string of the molecule is O=S(=O)(c1ccc(NC(=S)Nc2ccc(Cl)c(Cl)c2)cc1)N1CCCCC1. The summed E-state index contributed by atoms with van der Waals surface area (Å²) in [6.07, 6.45) is 2.90. The summed E-state index contributed by atoms with van der Waals surface area (Å²) < 4.78 is 26.9. The molecule has 9 heteroatoms. The number of nitrogens with zero attached hydrogens (tertiary/aromatic N) is 1. The highest BCUT2D eigenvalue weighted by atomic mass is 35.5. The van der Waals surface area contributed by atoms with Crippen LogP contribution in [0.2, 0.25) is 10.0 Å². The molecular weight excluding hydrogens is 425 g/mol. The Morgan fingerprint density at radius 1 is 0.889 bits per heavy atom. The summed E-state index contributed by atoms with van der Waals surface area (Å²) in [5, 5.41) is 7.28. The fraction of sp³-hybridized carbons (Fsp3) is 0.278. The van der Waals surface area contributed by atoms with E-state index in [2.05, 4.69) is 10.6 Å². The molecule has 2 aromatic rings. The van der Waals surface area contributed by atoms with Crippen molar-refractivity contribution in [2.24, 2.45) is 0 Å². The molecule has 0 radical (unpaired) electrons. The molecule has 144 valence electrons. The van der Waals surface area contributed by atoms with Crippen LogP contribution in [0.5, 0.6) is 0 Å². The Balaban J connectivity index is 1.64. The van der Waals surface area contributed by atoms with Crippen molar-refractivity contribution in [1.29, 1.82) is 0 Å². The van der Waals surface area contributed by atoms with Gasteiger partial charge < -0.3 is 10.6 Å². The van der Waals surface area contributed by atoms with Gasteiger partial charge in [-0.25, -0.2) is 8.42 Å². The van der Waals surface area contributed by atoms with Crippen molar-refractivity contribution in [2.75, 3.05) is 23.7 Å². The average Bonchev–Trinajstić information content (AvgIpc) is 2.66. The highest BCUT2D eigenvalue weighted by Crippen LogP contribution is 2.25. The molecule has 1 aliphatic rings. The number of anilines is 2. The number of thiocarbonyl (C=S) groups is 1. The molecule has 0 spiro atoms. The van der Waals surface area contributed by atoms with Gasteiger partial charge in [-0.3, -0.25) is 0 Å². The molecule has 27 heavy (non-hydrogen) atoms. The van der Waals surface area contributed by atoms with Gasteiger partial charge in [0.15, 0.2) is 5.11 Å². The van der Waals surface area contributed by atoms with Crippen LogP contribution in [0.25, 0.3) is 0 Å². The Morgan fingerprint density at radius 2 is 1.48 bits per heavy atom. The molecule has 3 rings (SSSR count). The van der Waals surface area contributed by atoms with Gasteiger partial charge in [-0.2, -0.15) is 4.31 Å². The van der Waals surface area contributed by atoms with Gasteiger partial charge in [0.25, 0.3) is 0 Å². The number of piperidine rings is 1. The molecule has 0 amide bonds. The van der Waals surface area contributed by atoms with E-state index in [0.29, 0.717) is 44.5 Å². The van der Waals surface area contributed by atoms with Gasteiger partial charge in [0.2, 0.25) is 10.0 Å². The number of halogens is 2. The fourth-order valence-electron chi connectivity index (χ4n) is 2.83. The Bertz CT molecular complexity index is 928. The number of benzene rings is 2. The van der Waals surface area contributed by atoms with E-state index in [1.807, 2.05) is 0 Å². The quantitative estimate of drug-likeness (QED) is 0.652. The van der Waals surface area contributed by atoms with E-state index in [9.17, 15) is 8.42 Å². The van der Waals surface area contributed by atoms with Gasteiger partial charge in [0.1, 0.15) is 0 Å². The summed E-state index contributed by atoms with van der Waals surface area (Å²) in [5.41, 5.74) is 1.39. The van der Waals surface area contributed by atoms with E-state index in [1.165, 1.54) is 0 Å². The molecule has 5 nitrogen and oxygen atoms in total. The van der Waals surface area contributed by atoms with Crippen molar-refractivity contribution in [2.45, 2.75) is 24.2 Å². The van der Waals surface area contributed by atoms with Crippen LogP contribution in [0.3, 0.4) is 0 Å². The first-order chi connectivity index (χ1) is 12.9. The molecule has 0 aromatic heterocycles. The normalized spacial score (nSPS) is 15.3. The van der Waals surface area contributed by atoms with Gasteiger partial charge in [-0.05, 0) is 67.5 Å². The standard InChI is InChI=1S/C18H19Cl2N3O2S2/c19-16-9-6-14(12-17(16)20)22-18(26)21-13-4-7-15(8-5-13)27(24,25)23-10-2-1-3-11-23/h4-9,12H,1-3,10-11H2,(H2,21,22,26). The third-order valence-corrected chi connectivity index (χ3v) is 7.10. The second kappa shape index (κ2) is 8.75. The van der Waals surface area contributed by atoms with Gasteiger partial charge in [0.05, 0.1) is 14.9 Å². The summed E-state index contributed by atoms with van der Waals surface area (Å²) in [7, 11) is -3.43. The van der Waals surface area contributed by atoms with Crippen LogP contribution < -0.4 is 10.6 Å². The Morgan fingerprint density at radius 3 is 2.11 bits per heavy atom. The smallest absolute Gasteiger partial charge is 0.243 e. The van der Waals surface area contributed by atoms with Crippen molar-refractivity contribution in [3.63, 3.8) is 0 Å². The summed E-state index contributed by atoms with van der Waals surface area (Å²) in [6, 6.07) is 11.7. The minimum atomic E-state index is -3.43. The molecule has 1 aliphatic heterocycles. The Hall–Kier alpha value is -1.38. The molecular formula is C18H19Cl2N3O2S2. The van der Waals surface area contributed by atoms with Gasteiger partial charge >= 0.3 is 0 Å². The molecule has 2 aromatic carbocycles. The zero-order valence-corrected chi connectivity index (χ0v) is 17.6. The van der Waals surface area contributed by atoms with Gasteiger partial charge in [0, 0.05) is 24.5 Å². The van der Waals surface area contributed by atoms with E-state index in [0.717, 1.165) is 19.3 Å². The first kappa shape index (κ1) is 20.4. The van der Waals surface area contributed by atoms with Crippen LogP contribution in [-0.4, -0.2) is 30.9 Å². The predicted molar refractivity (Wildman–Crippen MR) is 115 cm³/mol. The van der Waals surface area contributed by atoms with E-state index < -0.39 is 10.0 Å². The van der Waals surface area contributed by atoms with Crippen molar-refractivity contribution in [3.05, 3.63) is 52.5 Å². The molecule has 2 N–H and O–H groups in total. The second-order valence-corrected chi connectivity index (χ2v) is 9.36. The van der Waals surface area contributed by atoms with E-state index >= 15 is 0 Å². The molecule has 0 saturated carbocycles. The minimum Gasteiger partial charge on any atom is -0.332 e. The molecule has 0 aliphatic carbocycles.